The number of rotatable bonds is 6. The smallest absolute Gasteiger partial charge is 0.349 e. The van der Waals surface area contributed by atoms with Gasteiger partial charge in [0, 0.05) is 7.05 Å². The molecule has 0 fully saturated rings. The van der Waals surface area contributed by atoms with Crippen molar-refractivity contribution in [3.05, 3.63) is 40.6 Å². The Hall–Kier alpha value is -2.90. The van der Waals surface area contributed by atoms with Gasteiger partial charge in [-0.05, 0) is 19.1 Å². The highest BCUT2D eigenvalue weighted by molar-refractivity contribution is 5.48. The minimum Gasteiger partial charge on any atom is -0.490 e. The van der Waals surface area contributed by atoms with Crippen molar-refractivity contribution in [2.24, 2.45) is 0 Å². The summed E-state index contributed by atoms with van der Waals surface area (Å²) in [4.78, 5) is 18.2. The third-order valence-corrected chi connectivity index (χ3v) is 2.51. The van der Waals surface area contributed by atoms with Gasteiger partial charge in [0.2, 0.25) is 5.95 Å². The number of nitrogens with zero attached hydrogens (tertiary/aromatic N) is 3. The van der Waals surface area contributed by atoms with Crippen LogP contribution in [0.15, 0.2) is 30.5 Å². The van der Waals surface area contributed by atoms with E-state index in [1.807, 2.05) is 6.92 Å². The summed E-state index contributed by atoms with van der Waals surface area (Å²) in [6, 6.07) is 6.88. The minimum atomic E-state index is -0.599. The number of hydrogen-bond acceptors (Lipinski definition) is 7. The molecule has 21 heavy (non-hydrogen) atoms. The maximum Gasteiger partial charge on any atom is 0.349 e. The molecule has 2 aromatic rings. The molecule has 1 heterocycles. The molecular formula is C13H14N4O4. The second-order valence-corrected chi connectivity index (χ2v) is 3.87. The Bertz CT molecular complexity index is 648. The summed E-state index contributed by atoms with van der Waals surface area (Å²) in [6.45, 7) is 2.29. The SMILES string of the molecule is CCOc1ccccc1Oc1nc(NC)ncc1[N+](=O)[O-]. The first-order valence-corrected chi connectivity index (χ1v) is 6.24. The van der Waals surface area contributed by atoms with Crippen LogP contribution < -0.4 is 14.8 Å². The third-order valence-electron chi connectivity index (χ3n) is 2.51. The fraction of sp³-hybridized carbons (Fsp3) is 0.231. The van der Waals surface area contributed by atoms with Crippen molar-refractivity contribution < 1.29 is 14.4 Å². The second-order valence-electron chi connectivity index (χ2n) is 3.87. The van der Waals surface area contributed by atoms with Crippen LogP contribution in [0.1, 0.15) is 6.92 Å². The lowest BCUT2D eigenvalue weighted by Gasteiger charge is -2.11. The van der Waals surface area contributed by atoms with E-state index in [-0.39, 0.29) is 17.5 Å². The van der Waals surface area contributed by atoms with Gasteiger partial charge in [-0.25, -0.2) is 4.98 Å². The molecule has 0 saturated heterocycles. The topological polar surface area (TPSA) is 99.4 Å². The molecule has 0 spiro atoms. The van der Waals surface area contributed by atoms with Crippen LogP contribution in [0, 0.1) is 10.1 Å². The summed E-state index contributed by atoms with van der Waals surface area (Å²) in [5, 5.41) is 13.7. The lowest BCUT2D eigenvalue weighted by Crippen LogP contribution is -2.02. The van der Waals surface area contributed by atoms with Gasteiger partial charge >= 0.3 is 11.6 Å². The predicted octanol–water partition coefficient (Wildman–Crippen LogP) is 2.62. The van der Waals surface area contributed by atoms with Crippen molar-refractivity contribution in [1.29, 1.82) is 0 Å². The van der Waals surface area contributed by atoms with Crippen molar-refractivity contribution in [1.82, 2.24) is 9.97 Å². The molecule has 2 rings (SSSR count). The third kappa shape index (κ3) is 3.35. The van der Waals surface area contributed by atoms with E-state index in [0.29, 0.717) is 18.1 Å². The molecular weight excluding hydrogens is 276 g/mol. The Morgan fingerprint density at radius 2 is 2.05 bits per heavy atom. The van der Waals surface area contributed by atoms with Gasteiger partial charge < -0.3 is 14.8 Å². The van der Waals surface area contributed by atoms with E-state index < -0.39 is 4.92 Å². The summed E-state index contributed by atoms with van der Waals surface area (Å²) < 4.78 is 11.0. The highest BCUT2D eigenvalue weighted by atomic mass is 16.6. The Labute approximate surface area is 120 Å². The first kappa shape index (κ1) is 14.5. The maximum absolute atomic E-state index is 11.0. The Balaban J connectivity index is 2.40. The zero-order valence-corrected chi connectivity index (χ0v) is 11.6. The van der Waals surface area contributed by atoms with Crippen LogP contribution in [0.2, 0.25) is 0 Å². The van der Waals surface area contributed by atoms with Gasteiger partial charge in [0.05, 0.1) is 11.5 Å². The molecule has 1 aromatic heterocycles. The fourth-order valence-electron chi connectivity index (χ4n) is 1.59. The first-order chi connectivity index (χ1) is 10.2. The molecule has 0 aliphatic rings. The zero-order valence-electron chi connectivity index (χ0n) is 11.6. The Morgan fingerprint density at radius 1 is 1.33 bits per heavy atom. The van der Waals surface area contributed by atoms with Crippen molar-refractivity contribution in [2.45, 2.75) is 6.92 Å². The molecule has 0 amide bonds. The summed E-state index contributed by atoms with van der Waals surface area (Å²) >= 11 is 0. The molecule has 8 nitrogen and oxygen atoms in total. The van der Waals surface area contributed by atoms with Crippen molar-refractivity contribution in [3.63, 3.8) is 0 Å². The van der Waals surface area contributed by atoms with Gasteiger partial charge in [-0.2, -0.15) is 4.98 Å². The van der Waals surface area contributed by atoms with Crippen LogP contribution in [0.25, 0.3) is 0 Å². The van der Waals surface area contributed by atoms with Crippen LogP contribution in [-0.2, 0) is 0 Å². The average molecular weight is 290 g/mol. The number of hydrogen-bond donors (Lipinski definition) is 1. The molecule has 0 aliphatic carbocycles. The lowest BCUT2D eigenvalue weighted by atomic mass is 10.3. The standard InChI is InChI=1S/C13H14N4O4/c1-3-20-10-6-4-5-7-11(10)21-12-9(17(18)19)8-15-13(14-2)16-12/h4-8H,3H2,1-2H3,(H,14,15,16). The quantitative estimate of drug-likeness (QED) is 0.644. The molecule has 1 N–H and O–H groups in total. The molecule has 8 heteroatoms. The highest BCUT2D eigenvalue weighted by Crippen LogP contribution is 2.34. The van der Waals surface area contributed by atoms with E-state index in [1.165, 1.54) is 0 Å². The highest BCUT2D eigenvalue weighted by Gasteiger charge is 2.20. The van der Waals surface area contributed by atoms with Crippen LogP contribution in [0.3, 0.4) is 0 Å². The molecule has 0 aliphatic heterocycles. The molecule has 0 bridgehead atoms. The van der Waals surface area contributed by atoms with Crippen molar-refractivity contribution in [3.8, 4) is 17.4 Å². The van der Waals surface area contributed by atoms with Crippen LogP contribution in [0.4, 0.5) is 11.6 Å². The van der Waals surface area contributed by atoms with Crippen molar-refractivity contribution in [2.75, 3.05) is 19.0 Å². The number of nitrogens with one attached hydrogen (secondary N) is 1. The monoisotopic (exact) mass is 290 g/mol. The molecule has 0 atom stereocenters. The zero-order chi connectivity index (χ0) is 15.2. The first-order valence-electron chi connectivity index (χ1n) is 6.24. The Morgan fingerprint density at radius 3 is 2.67 bits per heavy atom. The summed E-state index contributed by atoms with van der Waals surface area (Å²) in [5.74, 6) is 0.915. The van der Waals surface area contributed by atoms with Gasteiger partial charge in [-0.3, -0.25) is 10.1 Å². The van der Waals surface area contributed by atoms with E-state index in [9.17, 15) is 10.1 Å². The summed E-state index contributed by atoms with van der Waals surface area (Å²) in [6.07, 6.45) is 1.09. The molecule has 0 unspecified atom stereocenters. The van der Waals surface area contributed by atoms with Gasteiger partial charge in [0.1, 0.15) is 6.20 Å². The van der Waals surface area contributed by atoms with Crippen LogP contribution in [0.5, 0.6) is 17.4 Å². The van der Waals surface area contributed by atoms with Crippen LogP contribution >= 0.6 is 0 Å². The van der Waals surface area contributed by atoms with Gasteiger partial charge in [-0.15, -0.1) is 0 Å². The maximum atomic E-state index is 11.0. The minimum absolute atomic E-state index is 0.147. The second kappa shape index (κ2) is 6.51. The van der Waals surface area contributed by atoms with E-state index in [0.717, 1.165) is 6.20 Å². The fourth-order valence-corrected chi connectivity index (χ4v) is 1.59. The number of anilines is 1. The average Bonchev–Trinajstić information content (AvgIpc) is 2.49. The van der Waals surface area contributed by atoms with Crippen LogP contribution in [-0.4, -0.2) is 28.5 Å². The van der Waals surface area contributed by atoms with E-state index >= 15 is 0 Å². The van der Waals surface area contributed by atoms with Gasteiger partial charge in [-0.1, -0.05) is 12.1 Å². The van der Waals surface area contributed by atoms with E-state index in [1.54, 1.807) is 31.3 Å². The Kier molecular flexibility index (Phi) is 4.50. The van der Waals surface area contributed by atoms with Crippen molar-refractivity contribution >= 4 is 11.6 Å². The molecule has 0 radical (unpaired) electrons. The summed E-state index contributed by atoms with van der Waals surface area (Å²) in [5.41, 5.74) is -0.319. The number of ether oxygens (including phenoxy) is 2. The number of aromatic nitrogens is 2. The summed E-state index contributed by atoms with van der Waals surface area (Å²) in [7, 11) is 1.61. The normalized spacial score (nSPS) is 10.0. The molecule has 0 saturated carbocycles. The largest absolute Gasteiger partial charge is 0.490 e. The lowest BCUT2D eigenvalue weighted by molar-refractivity contribution is -0.386. The van der Waals surface area contributed by atoms with E-state index in [4.69, 9.17) is 9.47 Å². The van der Waals surface area contributed by atoms with E-state index in [2.05, 4.69) is 15.3 Å². The molecule has 110 valence electrons. The van der Waals surface area contributed by atoms with Gasteiger partial charge in [0.25, 0.3) is 0 Å². The molecule has 1 aromatic carbocycles. The van der Waals surface area contributed by atoms with Gasteiger partial charge in [0.15, 0.2) is 11.5 Å². The number of para-hydroxylation sites is 2. The number of nitro groups is 1. The predicted molar refractivity (Wildman–Crippen MR) is 75.9 cm³/mol. The number of benzene rings is 1.